The van der Waals surface area contributed by atoms with E-state index in [9.17, 15) is 13.2 Å². The SMILES string of the molecule is NS(=O)(=O)NCC(=O)N1CCCCC1. The Morgan fingerprint density at radius 1 is 1.29 bits per heavy atom. The first-order valence-electron chi connectivity index (χ1n) is 4.54. The largest absolute Gasteiger partial charge is 0.342 e. The van der Waals surface area contributed by atoms with Crippen molar-refractivity contribution < 1.29 is 13.2 Å². The summed E-state index contributed by atoms with van der Waals surface area (Å²) in [6, 6.07) is 0. The molecule has 0 aliphatic carbocycles. The Bertz CT molecular complexity index is 295. The monoisotopic (exact) mass is 221 g/mol. The van der Waals surface area contributed by atoms with Crippen LogP contribution >= 0.6 is 0 Å². The number of hydrogen-bond acceptors (Lipinski definition) is 3. The first-order chi connectivity index (χ1) is 6.49. The second-order valence-electron chi connectivity index (χ2n) is 3.31. The summed E-state index contributed by atoms with van der Waals surface area (Å²) >= 11 is 0. The third-order valence-electron chi connectivity index (χ3n) is 2.13. The summed E-state index contributed by atoms with van der Waals surface area (Å²) in [5.41, 5.74) is 0. The van der Waals surface area contributed by atoms with Crippen LogP contribution in [0.25, 0.3) is 0 Å². The lowest BCUT2D eigenvalue weighted by molar-refractivity contribution is -0.130. The van der Waals surface area contributed by atoms with Gasteiger partial charge in [0.1, 0.15) is 0 Å². The zero-order valence-corrected chi connectivity index (χ0v) is 8.72. The van der Waals surface area contributed by atoms with Gasteiger partial charge < -0.3 is 4.90 Å². The molecule has 1 saturated heterocycles. The molecule has 0 aromatic heterocycles. The highest BCUT2D eigenvalue weighted by Crippen LogP contribution is 2.08. The van der Waals surface area contributed by atoms with E-state index in [1.54, 1.807) is 4.90 Å². The van der Waals surface area contributed by atoms with Gasteiger partial charge in [-0.3, -0.25) is 4.79 Å². The molecule has 1 amide bonds. The van der Waals surface area contributed by atoms with Crippen LogP contribution in [-0.4, -0.2) is 38.9 Å². The van der Waals surface area contributed by atoms with Crippen LogP contribution in [0.5, 0.6) is 0 Å². The highest BCUT2D eigenvalue weighted by Gasteiger charge is 2.17. The minimum Gasteiger partial charge on any atom is -0.342 e. The van der Waals surface area contributed by atoms with E-state index in [1.165, 1.54) is 0 Å². The van der Waals surface area contributed by atoms with Crippen molar-refractivity contribution in [1.82, 2.24) is 9.62 Å². The standard InChI is InChI=1S/C7H15N3O3S/c8-14(12,13)9-6-7(11)10-4-2-1-3-5-10/h9H,1-6H2,(H2,8,12,13). The lowest BCUT2D eigenvalue weighted by Crippen LogP contribution is -2.44. The van der Waals surface area contributed by atoms with E-state index < -0.39 is 10.2 Å². The van der Waals surface area contributed by atoms with Crippen molar-refractivity contribution in [2.24, 2.45) is 5.14 Å². The highest BCUT2D eigenvalue weighted by molar-refractivity contribution is 7.87. The van der Waals surface area contributed by atoms with Crippen LogP contribution in [0.4, 0.5) is 0 Å². The van der Waals surface area contributed by atoms with Gasteiger partial charge >= 0.3 is 0 Å². The minimum atomic E-state index is -3.76. The van der Waals surface area contributed by atoms with Crippen molar-refractivity contribution in [1.29, 1.82) is 0 Å². The first-order valence-corrected chi connectivity index (χ1v) is 6.09. The minimum absolute atomic E-state index is 0.210. The number of rotatable bonds is 3. The number of nitrogens with two attached hydrogens (primary N) is 1. The number of hydrogen-bond donors (Lipinski definition) is 2. The summed E-state index contributed by atoms with van der Waals surface area (Å²) in [6.45, 7) is 1.19. The fourth-order valence-corrected chi connectivity index (χ4v) is 1.74. The summed E-state index contributed by atoms with van der Waals surface area (Å²) in [5, 5.41) is 4.70. The third-order valence-corrected chi connectivity index (χ3v) is 2.68. The van der Waals surface area contributed by atoms with Crippen molar-refractivity contribution >= 4 is 16.1 Å². The lowest BCUT2D eigenvalue weighted by atomic mass is 10.1. The number of piperidine rings is 1. The van der Waals surface area contributed by atoms with Gasteiger partial charge in [-0.1, -0.05) is 0 Å². The van der Waals surface area contributed by atoms with E-state index in [4.69, 9.17) is 5.14 Å². The summed E-state index contributed by atoms with van der Waals surface area (Å²) in [5.74, 6) is -0.210. The number of nitrogens with one attached hydrogen (secondary N) is 1. The molecule has 0 radical (unpaired) electrons. The van der Waals surface area contributed by atoms with E-state index in [1.807, 2.05) is 4.72 Å². The van der Waals surface area contributed by atoms with Crippen molar-refractivity contribution in [3.05, 3.63) is 0 Å². The molecule has 3 N–H and O–H groups in total. The van der Waals surface area contributed by atoms with Crippen LogP contribution in [0.1, 0.15) is 19.3 Å². The molecule has 6 nitrogen and oxygen atoms in total. The zero-order chi connectivity index (χ0) is 10.6. The van der Waals surface area contributed by atoms with Gasteiger partial charge in [0.2, 0.25) is 5.91 Å². The third kappa shape index (κ3) is 4.03. The number of carbonyl (C=O) groups excluding carboxylic acids is 1. The van der Waals surface area contributed by atoms with E-state index in [0.717, 1.165) is 19.3 Å². The van der Waals surface area contributed by atoms with Crippen molar-refractivity contribution in [3.63, 3.8) is 0 Å². The molecular formula is C7H15N3O3S. The van der Waals surface area contributed by atoms with Gasteiger partial charge in [0.05, 0.1) is 6.54 Å². The van der Waals surface area contributed by atoms with Crippen LogP contribution in [0.15, 0.2) is 0 Å². The molecule has 0 unspecified atom stereocenters. The molecule has 1 aliphatic rings. The Kier molecular flexibility index (Phi) is 3.85. The van der Waals surface area contributed by atoms with Crippen molar-refractivity contribution in [2.75, 3.05) is 19.6 Å². The molecule has 82 valence electrons. The molecule has 1 rings (SSSR count). The fourth-order valence-electron chi connectivity index (χ4n) is 1.42. The van der Waals surface area contributed by atoms with Gasteiger partial charge in [-0.2, -0.15) is 13.1 Å². The van der Waals surface area contributed by atoms with Crippen molar-refractivity contribution in [2.45, 2.75) is 19.3 Å². The van der Waals surface area contributed by atoms with Gasteiger partial charge in [-0.25, -0.2) is 5.14 Å². The summed E-state index contributed by atoms with van der Waals surface area (Å²) in [7, 11) is -3.76. The van der Waals surface area contributed by atoms with Gasteiger partial charge in [0.15, 0.2) is 0 Å². The Morgan fingerprint density at radius 2 is 1.86 bits per heavy atom. The maximum absolute atomic E-state index is 11.4. The van der Waals surface area contributed by atoms with Crippen LogP contribution in [0.3, 0.4) is 0 Å². The number of amides is 1. The number of likely N-dealkylation sites (tertiary alicyclic amines) is 1. The molecule has 0 aromatic carbocycles. The average molecular weight is 221 g/mol. The lowest BCUT2D eigenvalue weighted by Gasteiger charge is -2.26. The van der Waals surface area contributed by atoms with E-state index in [0.29, 0.717) is 13.1 Å². The molecule has 1 fully saturated rings. The second kappa shape index (κ2) is 4.72. The van der Waals surface area contributed by atoms with Gasteiger partial charge in [-0.15, -0.1) is 0 Å². The van der Waals surface area contributed by atoms with Crippen LogP contribution in [0.2, 0.25) is 0 Å². The molecule has 1 heterocycles. The Hall–Kier alpha value is -0.660. The normalized spacial score (nSPS) is 18.2. The molecule has 0 bridgehead atoms. The Morgan fingerprint density at radius 3 is 2.36 bits per heavy atom. The zero-order valence-electron chi connectivity index (χ0n) is 7.90. The maximum atomic E-state index is 11.4. The number of carbonyl (C=O) groups is 1. The summed E-state index contributed by atoms with van der Waals surface area (Å²) < 4.78 is 23.0. The topological polar surface area (TPSA) is 92.5 Å². The molecule has 0 saturated carbocycles. The van der Waals surface area contributed by atoms with E-state index >= 15 is 0 Å². The molecule has 7 heteroatoms. The van der Waals surface area contributed by atoms with E-state index in [-0.39, 0.29) is 12.5 Å². The van der Waals surface area contributed by atoms with Gasteiger partial charge in [0.25, 0.3) is 10.2 Å². The van der Waals surface area contributed by atoms with Crippen molar-refractivity contribution in [3.8, 4) is 0 Å². The molecule has 0 atom stereocenters. The average Bonchev–Trinajstić information content (AvgIpc) is 2.14. The Balaban J connectivity index is 2.34. The van der Waals surface area contributed by atoms with Gasteiger partial charge in [-0.05, 0) is 19.3 Å². The smallest absolute Gasteiger partial charge is 0.274 e. The highest BCUT2D eigenvalue weighted by atomic mass is 32.2. The molecule has 0 aromatic rings. The van der Waals surface area contributed by atoms with Crippen LogP contribution in [0, 0.1) is 0 Å². The molecule has 14 heavy (non-hydrogen) atoms. The molecular weight excluding hydrogens is 206 g/mol. The quantitative estimate of drug-likeness (QED) is 0.626. The van der Waals surface area contributed by atoms with Gasteiger partial charge in [0, 0.05) is 13.1 Å². The maximum Gasteiger partial charge on any atom is 0.274 e. The second-order valence-corrected chi connectivity index (χ2v) is 4.69. The summed E-state index contributed by atoms with van der Waals surface area (Å²) in [6.07, 6.45) is 3.11. The summed E-state index contributed by atoms with van der Waals surface area (Å²) in [4.78, 5) is 13.0. The van der Waals surface area contributed by atoms with Crippen LogP contribution < -0.4 is 9.86 Å². The molecule has 1 aliphatic heterocycles. The van der Waals surface area contributed by atoms with E-state index in [2.05, 4.69) is 0 Å². The predicted octanol–water partition coefficient (Wildman–Crippen LogP) is -1.21. The first kappa shape index (κ1) is 11.4. The predicted molar refractivity (Wildman–Crippen MR) is 51.5 cm³/mol. The Labute approximate surface area is 83.6 Å². The molecule has 0 spiro atoms. The number of nitrogens with zero attached hydrogens (tertiary/aromatic N) is 1. The van der Waals surface area contributed by atoms with Crippen LogP contribution in [-0.2, 0) is 15.0 Å². The fraction of sp³-hybridized carbons (Fsp3) is 0.857.